The van der Waals surface area contributed by atoms with Crippen molar-refractivity contribution in [2.24, 2.45) is 0 Å². The standard InChI is InChI=1S/C13H16BrNO2S/c1-9-2-5-11(6-3-9)18(16,17)15-10-4-7-13(15)12(14)8-10/h2-3,5-6,10,12-13H,4,7-8H2,1H3. The quantitative estimate of drug-likeness (QED) is 0.782. The van der Waals surface area contributed by atoms with Crippen molar-refractivity contribution in [1.82, 2.24) is 4.31 Å². The molecule has 3 atom stereocenters. The van der Waals surface area contributed by atoms with Gasteiger partial charge in [0.15, 0.2) is 0 Å². The van der Waals surface area contributed by atoms with E-state index in [4.69, 9.17) is 0 Å². The normalized spacial score (nSPS) is 32.0. The molecule has 0 spiro atoms. The number of halogens is 1. The minimum Gasteiger partial charge on any atom is -0.207 e. The first kappa shape index (κ1) is 12.6. The van der Waals surface area contributed by atoms with Gasteiger partial charge in [0, 0.05) is 16.9 Å². The van der Waals surface area contributed by atoms with Gasteiger partial charge in [-0.2, -0.15) is 4.31 Å². The lowest BCUT2D eigenvalue weighted by atomic mass is 10.0. The molecule has 0 N–H and O–H groups in total. The Hall–Kier alpha value is -0.390. The number of alkyl halides is 1. The zero-order chi connectivity index (χ0) is 12.9. The third-order valence-corrected chi connectivity index (χ3v) is 6.97. The minimum absolute atomic E-state index is 0.140. The summed E-state index contributed by atoms with van der Waals surface area (Å²) in [6.45, 7) is 1.96. The fourth-order valence-corrected chi connectivity index (χ4v) is 6.10. The minimum atomic E-state index is -3.32. The summed E-state index contributed by atoms with van der Waals surface area (Å²) in [7, 11) is -3.32. The van der Waals surface area contributed by atoms with Gasteiger partial charge in [-0.3, -0.25) is 0 Å². The van der Waals surface area contributed by atoms with Crippen LogP contribution in [0.2, 0.25) is 0 Å². The van der Waals surface area contributed by atoms with Crippen molar-refractivity contribution < 1.29 is 8.42 Å². The number of sulfonamides is 1. The van der Waals surface area contributed by atoms with E-state index in [9.17, 15) is 8.42 Å². The maximum atomic E-state index is 12.7. The van der Waals surface area contributed by atoms with Crippen LogP contribution in [0.3, 0.4) is 0 Å². The SMILES string of the molecule is Cc1ccc(S(=O)(=O)N2C3CCC2C(Br)C3)cc1. The smallest absolute Gasteiger partial charge is 0.207 e. The van der Waals surface area contributed by atoms with Crippen LogP contribution in [0.15, 0.2) is 29.2 Å². The van der Waals surface area contributed by atoms with Crippen molar-refractivity contribution in [2.75, 3.05) is 0 Å². The summed E-state index contributed by atoms with van der Waals surface area (Å²) < 4.78 is 27.0. The van der Waals surface area contributed by atoms with Gasteiger partial charge in [-0.15, -0.1) is 0 Å². The van der Waals surface area contributed by atoms with Gasteiger partial charge in [0.2, 0.25) is 10.0 Å². The highest BCUT2D eigenvalue weighted by molar-refractivity contribution is 9.09. The predicted molar refractivity (Wildman–Crippen MR) is 74.3 cm³/mol. The van der Waals surface area contributed by atoms with E-state index in [0.29, 0.717) is 9.72 Å². The molecule has 5 heteroatoms. The Labute approximate surface area is 116 Å². The number of benzene rings is 1. The molecule has 2 aliphatic rings. The first-order valence-electron chi connectivity index (χ1n) is 6.24. The van der Waals surface area contributed by atoms with Crippen LogP contribution in [0.5, 0.6) is 0 Å². The van der Waals surface area contributed by atoms with E-state index in [1.54, 1.807) is 16.4 Å². The molecule has 98 valence electrons. The highest BCUT2D eigenvalue weighted by Gasteiger charge is 2.51. The molecule has 2 saturated heterocycles. The summed E-state index contributed by atoms with van der Waals surface area (Å²) in [5.74, 6) is 0. The summed E-state index contributed by atoms with van der Waals surface area (Å²) in [4.78, 5) is 0.739. The molecule has 2 aliphatic heterocycles. The van der Waals surface area contributed by atoms with Crippen LogP contribution in [-0.2, 0) is 10.0 Å². The molecule has 18 heavy (non-hydrogen) atoms. The van der Waals surface area contributed by atoms with Crippen LogP contribution >= 0.6 is 15.9 Å². The van der Waals surface area contributed by atoms with Gasteiger partial charge in [0.1, 0.15) is 0 Å². The summed E-state index contributed by atoms with van der Waals surface area (Å²) in [5.41, 5.74) is 1.08. The van der Waals surface area contributed by atoms with Crippen LogP contribution in [0.25, 0.3) is 0 Å². The second kappa shape index (κ2) is 4.32. The third-order valence-electron chi connectivity index (χ3n) is 3.99. The average molecular weight is 330 g/mol. The topological polar surface area (TPSA) is 37.4 Å². The lowest BCUT2D eigenvalue weighted by Crippen LogP contribution is -2.36. The highest BCUT2D eigenvalue weighted by Crippen LogP contribution is 2.44. The van der Waals surface area contributed by atoms with E-state index in [-0.39, 0.29) is 12.1 Å². The van der Waals surface area contributed by atoms with Crippen molar-refractivity contribution in [3.05, 3.63) is 29.8 Å². The first-order valence-corrected chi connectivity index (χ1v) is 8.60. The van der Waals surface area contributed by atoms with Crippen LogP contribution in [0, 0.1) is 6.92 Å². The van der Waals surface area contributed by atoms with Crippen molar-refractivity contribution in [1.29, 1.82) is 0 Å². The Morgan fingerprint density at radius 3 is 2.39 bits per heavy atom. The molecule has 0 aliphatic carbocycles. The van der Waals surface area contributed by atoms with Gasteiger partial charge < -0.3 is 0 Å². The van der Waals surface area contributed by atoms with E-state index >= 15 is 0 Å². The molecule has 1 aromatic rings. The molecular formula is C13H16BrNO2S. The van der Waals surface area contributed by atoms with E-state index < -0.39 is 10.0 Å². The molecule has 1 aromatic carbocycles. The number of rotatable bonds is 2. The van der Waals surface area contributed by atoms with Crippen LogP contribution in [-0.4, -0.2) is 29.6 Å². The van der Waals surface area contributed by atoms with Gasteiger partial charge in [-0.1, -0.05) is 33.6 Å². The summed E-state index contributed by atoms with van der Waals surface area (Å²) >= 11 is 3.61. The van der Waals surface area contributed by atoms with Crippen molar-refractivity contribution >= 4 is 26.0 Å². The number of hydrogen-bond donors (Lipinski definition) is 0. The molecular weight excluding hydrogens is 314 g/mol. The summed E-state index contributed by atoms with van der Waals surface area (Å²) in [6.07, 6.45) is 2.92. The van der Waals surface area contributed by atoms with Crippen LogP contribution < -0.4 is 0 Å². The molecule has 2 bridgehead atoms. The summed E-state index contributed by atoms with van der Waals surface area (Å²) in [6, 6.07) is 7.47. The average Bonchev–Trinajstić information content (AvgIpc) is 2.86. The Morgan fingerprint density at radius 2 is 1.89 bits per heavy atom. The van der Waals surface area contributed by atoms with E-state index in [2.05, 4.69) is 15.9 Å². The van der Waals surface area contributed by atoms with Crippen molar-refractivity contribution in [3.63, 3.8) is 0 Å². The Kier molecular flexibility index (Phi) is 3.03. The molecule has 3 unspecified atom stereocenters. The molecule has 0 saturated carbocycles. The molecule has 2 fully saturated rings. The van der Waals surface area contributed by atoms with Crippen LogP contribution in [0.4, 0.5) is 0 Å². The zero-order valence-electron chi connectivity index (χ0n) is 10.2. The van der Waals surface area contributed by atoms with Gasteiger partial charge >= 0.3 is 0 Å². The maximum Gasteiger partial charge on any atom is 0.243 e. The molecule has 2 heterocycles. The Bertz CT molecular complexity index is 555. The number of fused-ring (bicyclic) bond motifs is 2. The number of aryl methyl sites for hydroxylation is 1. The molecule has 0 amide bonds. The fourth-order valence-electron chi connectivity index (χ4n) is 3.07. The highest BCUT2D eigenvalue weighted by atomic mass is 79.9. The number of hydrogen-bond acceptors (Lipinski definition) is 2. The monoisotopic (exact) mass is 329 g/mol. The zero-order valence-corrected chi connectivity index (χ0v) is 12.6. The van der Waals surface area contributed by atoms with Crippen molar-refractivity contribution in [3.8, 4) is 0 Å². The van der Waals surface area contributed by atoms with Gasteiger partial charge in [-0.05, 0) is 38.3 Å². The molecule has 0 radical (unpaired) electrons. The van der Waals surface area contributed by atoms with Crippen LogP contribution in [0.1, 0.15) is 24.8 Å². The third kappa shape index (κ3) is 1.84. The van der Waals surface area contributed by atoms with E-state index in [1.165, 1.54) is 0 Å². The van der Waals surface area contributed by atoms with Gasteiger partial charge in [0.05, 0.1) is 4.90 Å². The Balaban J connectivity index is 1.99. The van der Waals surface area contributed by atoms with Gasteiger partial charge in [-0.25, -0.2) is 8.42 Å². The van der Waals surface area contributed by atoms with E-state index in [0.717, 1.165) is 24.8 Å². The second-order valence-electron chi connectivity index (χ2n) is 5.20. The number of nitrogens with zero attached hydrogens (tertiary/aromatic N) is 1. The first-order chi connectivity index (χ1) is 8.50. The second-order valence-corrected chi connectivity index (χ2v) is 8.22. The lowest BCUT2D eigenvalue weighted by Gasteiger charge is -2.22. The van der Waals surface area contributed by atoms with Crippen molar-refractivity contribution in [2.45, 2.75) is 48.0 Å². The fraction of sp³-hybridized carbons (Fsp3) is 0.538. The molecule has 0 aromatic heterocycles. The Morgan fingerprint density at radius 1 is 1.22 bits per heavy atom. The van der Waals surface area contributed by atoms with Gasteiger partial charge in [0.25, 0.3) is 0 Å². The largest absolute Gasteiger partial charge is 0.243 e. The maximum absolute atomic E-state index is 12.7. The lowest BCUT2D eigenvalue weighted by molar-refractivity contribution is 0.397. The molecule has 3 rings (SSSR count). The summed E-state index contributed by atoms with van der Waals surface area (Å²) in [5, 5.41) is 0. The predicted octanol–water partition coefficient (Wildman–Crippen LogP) is 2.68. The molecule has 3 nitrogen and oxygen atoms in total. The van der Waals surface area contributed by atoms with E-state index in [1.807, 2.05) is 19.1 Å².